The van der Waals surface area contributed by atoms with E-state index in [2.05, 4.69) is 57.9 Å². The second-order valence-electron chi connectivity index (χ2n) is 12.5. The number of likely N-dealkylation sites (N-methyl/N-ethyl adjacent to an activating group) is 1. The third kappa shape index (κ3) is 2.80. The maximum Gasteiger partial charge on any atom is 0.250 e. The van der Waals surface area contributed by atoms with Gasteiger partial charge in [-0.25, -0.2) is 0 Å². The van der Waals surface area contributed by atoms with E-state index in [4.69, 9.17) is 18.6 Å². The normalized spacial score (nSPS) is 38.2. The van der Waals surface area contributed by atoms with Gasteiger partial charge in [0.2, 0.25) is 0 Å². The number of likely N-dealkylation sites (tertiary alicyclic amines) is 1. The molecule has 6 rings (SSSR count). The van der Waals surface area contributed by atoms with Crippen molar-refractivity contribution in [3.05, 3.63) is 23.3 Å². The average molecular weight is 474 g/mol. The van der Waals surface area contributed by atoms with E-state index in [-0.39, 0.29) is 29.4 Å². The molecule has 6 nitrogen and oxygen atoms in total. The Morgan fingerprint density at radius 1 is 1.15 bits per heavy atom. The number of nitrogens with zero attached hydrogens (tertiary/aromatic N) is 1. The van der Waals surface area contributed by atoms with Crippen molar-refractivity contribution >= 4 is 8.32 Å². The Morgan fingerprint density at radius 2 is 1.88 bits per heavy atom. The summed E-state index contributed by atoms with van der Waals surface area (Å²) in [4.78, 5) is 2.37. The van der Waals surface area contributed by atoms with E-state index in [1.807, 2.05) is 0 Å². The second-order valence-corrected chi connectivity index (χ2v) is 17.2. The first-order chi connectivity index (χ1) is 15.5. The Morgan fingerprint density at radius 3 is 2.58 bits per heavy atom. The predicted octanol–water partition coefficient (Wildman–Crippen LogP) is 3.84. The Balaban J connectivity index is 1.52. The van der Waals surface area contributed by atoms with Crippen LogP contribution in [0.3, 0.4) is 0 Å². The molecule has 2 unspecified atom stereocenters. The molecule has 5 atom stereocenters. The summed E-state index contributed by atoms with van der Waals surface area (Å²) in [5.41, 5.74) is 1.29. The van der Waals surface area contributed by atoms with Crippen LogP contribution in [0.15, 0.2) is 12.1 Å². The summed E-state index contributed by atoms with van der Waals surface area (Å²) >= 11 is 0. The van der Waals surface area contributed by atoms with Crippen molar-refractivity contribution in [2.75, 3.05) is 26.8 Å². The lowest BCUT2D eigenvalue weighted by Crippen LogP contribution is -2.76. The van der Waals surface area contributed by atoms with E-state index in [9.17, 15) is 5.11 Å². The van der Waals surface area contributed by atoms with Crippen LogP contribution in [0.4, 0.5) is 0 Å². The van der Waals surface area contributed by atoms with Crippen molar-refractivity contribution in [1.29, 1.82) is 0 Å². The van der Waals surface area contributed by atoms with Gasteiger partial charge in [0.25, 0.3) is 8.32 Å². The first kappa shape index (κ1) is 22.3. The van der Waals surface area contributed by atoms with E-state index in [0.29, 0.717) is 13.2 Å². The second kappa shape index (κ2) is 6.97. The van der Waals surface area contributed by atoms with E-state index in [0.717, 1.165) is 43.7 Å². The van der Waals surface area contributed by atoms with Gasteiger partial charge in [-0.2, -0.15) is 0 Å². The molecule has 1 N–H and O–H groups in total. The Kier molecular flexibility index (Phi) is 4.72. The molecule has 1 aromatic rings. The molecular formula is C26H39NO5Si. The van der Waals surface area contributed by atoms with E-state index < -0.39 is 19.3 Å². The minimum absolute atomic E-state index is 0.0900. The number of hydrogen-bond acceptors (Lipinski definition) is 6. The van der Waals surface area contributed by atoms with Crippen LogP contribution in [-0.4, -0.2) is 69.2 Å². The molecular weight excluding hydrogens is 434 g/mol. The Hall–Kier alpha value is -1.12. The summed E-state index contributed by atoms with van der Waals surface area (Å²) in [5.74, 6) is 1.85. The van der Waals surface area contributed by atoms with Crippen LogP contribution in [0.2, 0.25) is 18.1 Å². The first-order valence-corrected chi connectivity index (χ1v) is 15.6. The molecule has 7 heteroatoms. The molecule has 33 heavy (non-hydrogen) atoms. The van der Waals surface area contributed by atoms with E-state index in [1.165, 1.54) is 11.1 Å². The number of benzene rings is 1. The molecule has 3 aliphatic heterocycles. The fourth-order valence-electron chi connectivity index (χ4n) is 7.19. The van der Waals surface area contributed by atoms with Gasteiger partial charge in [0, 0.05) is 17.5 Å². The fourth-order valence-corrected chi connectivity index (χ4v) is 8.21. The van der Waals surface area contributed by atoms with E-state index >= 15 is 0 Å². The highest BCUT2D eigenvalue weighted by Crippen LogP contribution is 2.67. The Bertz CT molecular complexity index is 970. The van der Waals surface area contributed by atoms with Gasteiger partial charge in [-0.1, -0.05) is 26.8 Å². The van der Waals surface area contributed by atoms with Crippen LogP contribution >= 0.6 is 0 Å². The third-order valence-corrected chi connectivity index (χ3v) is 14.3. The van der Waals surface area contributed by atoms with Gasteiger partial charge in [-0.05, 0) is 69.0 Å². The van der Waals surface area contributed by atoms with Crippen LogP contribution in [0.1, 0.15) is 51.2 Å². The van der Waals surface area contributed by atoms with Crippen LogP contribution in [-0.2, 0) is 21.3 Å². The maximum absolute atomic E-state index is 12.5. The molecule has 0 aromatic heterocycles. The van der Waals surface area contributed by atoms with Gasteiger partial charge < -0.3 is 28.6 Å². The zero-order valence-corrected chi connectivity index (χ0v) is 21.9. The minimum Gasteiger partial charge on any atom is -0.541 e. The number of ether oxygens (including phenoxy) is 3. The molecule has 2 bridgehead atoms. The van der Waals surface area contributed by atoms with Gasteiger partial charge in [0.15, 0.2) is 12.0 Å². The summed E-state index contributed by atoms with van der Waals surface area (Å²) in [6, 6.07) is 4.47. The van der Waals surface area contributed by atoms with Gasteiger partial charge in [-0.15, -0.1) is 0 Å². The molecule has 3 heterocycles. The highest BCUT2D eigenvalue weighted by molar-refractivity contribution is 6.74. The number of rotatable bonds is 3. The first-order valence-electron chi connectivity index (χ1n) is 12.7. The topological polar surface area (TPSA) is 60.4 Å². The smallest absolute Gasteiger partial charge is 0.250 e. The summed E-state index contributed by atoms with van der Waals surface area (Å²) in [6.07, 6.45) is 2.93. The fraction of sp³-hybridized carbons (Fsp3) is 0.769. The summed E-state index contributed by atoms with van der Waals surface area (Å²) < 4.78 is 25.8. The molecule has 0 radical (unpaired) electrons. The van der Waals surface area contributed by atoms with Crippen LogP contribution < -0.4 is 9.16 Å². The molecule has 1 aromatic carbocycles. The predicted molar refractivity (Wildman–Crippen MR) is 128 cm³/mol. The minimum atomic E-state index is -2.06. The van der Waals surface area contributed by atoms with Gasteiger partial charge in [0.05, 0.1) is 24.2 Å². The van der Waals surface area contributed by atoms with Crippen LogP contribution in [0, 0.1) is 5.92 Å². The molecule has 0 amide bonds. The van der Waals surface area contributed by atoms with Crippen molar-refractivity contribution in [1.82, 2.24) is 4.90 Å². The average Bonchev–Trinajstić information content (AvgIpc) is 3.37. The molecule has 3 fully saturated rings. The highest BCUT2D eigenvalue weighted by atomic mass is 28.4. The highest BCUT2D eigenvalue weighted by Gasteiger charge is 2.73. The van der Waals surface area contributed by atoms with Crippen molar-refractivity contribution in [2.24, 2.45) is 5.92 Å². The van der Waals surface area contributed by atoms with Gasteiger partial charge in [0.1, 0.15) is 11.9 Å². The SMILES string of the molecule is CN1CC[C@]23c4c5ccc(O[Si](C)(C)C(C)(C)C)c4O[C@H]2C(C2OCCO2)CCC3(O)[C@H]1C5. The van der Waals surface area contributed by atoms with Crippen molar-refractivity contribution in [3.8, 4) is 11.5 Å². The zero-order valence-electron chi connectivity index (χ0n) is 20.9. The van der Waals surface area contributed by atoms with Crippen molar-refractivity contribution in [3.63, 3.8) is 0 Å². The Labute approximate surface area is 198 Å². The number of aliphatic hydroxyl groups is 1. The third-order valence-electron chi connectivity index (χ3n) is 9.93. The van der Waals surface area contributed by atoms with Crippen LogP contribution in [0.5, 0.6) is 11.5 Å². The van der Waals surface area contributed by atoms with Gasteiger partial charge >= 0.3 is 0 Å². The maximum atomic E-state index is 12.5. The quantitative estimate of drug-likeness (QED) is 0.673. The monoisotopic (exact) mass is 473 g/mol. The number of piperidine rings is 1. The molecule has 1 saturated carbocycles. The lowest BCUT2D eigenvalue weighted by molar-refractivity contribution is -0.221. The van der Waals surface area contributed by atoms with Gasteiger partial charge in [-0.3, -0.25) is 0 Å². The lowest BCUT2D eigenvalue weighted by Gasteiger charge is -2.64. The van der Waals surface area contributed by atoms with Crippen molar-refractivity contribution < 1.29 is 23.7 Å². The zero-order chi connectivity index (χ0) is 23.4. The number of hydrogen-bond donors (Lipinski definition) is 1. The van der Waals surface area contributed by atoms with Crippen LogP contribution in [0.25, 0.3) is 0 Å². The standard InChI is InChI=1S/C26H39NO5Si/c1-24(2,3)33(5,6)32-18-8-7-16-15-19-26(28)10-9-17(23-29-13-14-30-23)22-25(26,11-12-27(19)4)20(16)21(18)31-22/h7-8,17,19,22-23,28H,9-15H2,1-6H3/t17?,19-,22+,25+,26?/m1/s1. The molecule has 1 spiro atoms. The molecule has 2 saturated heterocycles. The van der Waals surface area contributed by atoms with E-state index in [1.54, 1.807) is 0 Å². The summed E-state index contributed by atoms with van der Waals surface area (Å²) in [5, 5.41) is 12.6. The molecule has 5 aliphatic rings. The summed E-state index contributed by atoms with van der Waals surface area (Å²) in [6.45, 7) is 13.6. The molecule has 2 aliphatic carbocycles. The summed E-state index contributed by atoms with van der Waals surface area (Å²) in [7, 11) is 0.103. The van der Waals surface area contributed by atoms with Crippen molar-refractivity contribution in [2.45, 2.75) is 94.0 Å². The molecule has 182 valence electrons. The lowest BCUT2D eigenvalue weighted by atomic mass is 9.47. The largest absolute Gasteiger partial charge is 0.541 e.